The number of fused-ring (bicyclic) bond motifs is 1. The highest BCUT2D eigenvalue weighted by Crippen LogP contribution is 2.44. The molecular formula is C29H34N4O7S. The van der Waals surface area contributed by atoms with Crippen LogP contribution in [-0.2, 0) is 29.6 Å². The average Bonchev–Trinajstić information content (AvgIpc) is 3.64. The molecule has 41 heavy (non-hydrogen) atoms. The number of rotatable bonds is 5. The molecule has 218 valence electrons. The van der Waals surface area contributed by atoms with Crippen LogP contribution < -0.4 is 10.1 Å². The zero-order valence-electron chi connectivity index (χ0n) is 23.5. The van der Waals surface area contributed by atoms with Gasteiger partial charge in [-0.25, -0.2) is 18.2 Å². The van der Waals surface area contributed by atoms with Crippen molar-refractivity contribution >= 4 is 44.6 Å². The molecule has 1 aliphatic heterocycles. The summed E-state index contributed by atoms with van der Waals surface area (Å²) in [6.45, 7) is 5.31. The maximum atomic E-state index is 14.1. The Hall–Kier alpha value is -3.93. The lowest BCUT2D eigenvalue weighted by Gasteiger charge is -2.34. The number of nitrogens with zero attached hydrogens (tertiary/aromatic N) is 3. The maximum Gasteiger partial charge on any atom is 0.419 e. The molecule has 0 unspecified atom stereocenters. The number of hydrogen-bond donors (Lipinski definition) is 1. The van der Waals surface area contributed by atoms with E-state index in [0.717, 1.165) is 18.4 Å². The fourth-order valence-corrected chi connectivity index (χ4v) is 7.30. The van der Waals surface area contributed by atoms with E-state index in [0.29, 0.717) is 29.6 Å². The standard InChI is InChI=1S/C29H34N4O7S/c1-28(2,3)40-27(36)32-16-13-21-22(32)11-12-24(30-21)31-25(34)23-17-41(37,38)18-33(23)26(35)29(14-5-6-15-29)19-7-9-20(39-4)10-8-19/h7-13,16,23H,5-6,14-15,17-18H2,1-4H3,(H,30,31,34)/t23-/m1/s1. The van der Waals surface area contributed by atoms with Crippen LogP contribution in [0.3, 0.4) is 0 Å². The predicted octanol–water partition coefficient (Wildman–Crippen LogP) is 3.86. The van der Waals surface area contributed by atoms with Gasteiger partial charge < -0.3 is 19.7 Å². The highest BCUT2D eigenvalue weighted by Gasteiger charge is 2.51. The molecular weight excluding hydrogens is 548 g/mol. The van der Waals surface area contributed by atoms with Crippen LogP contribution in [0, 0.1) is 0 Å². The lowest BCUT2D eigenvalue weighted by molar-refractivity contribution is -0.141. The monoisotopic (exact) mass is 582 g/mol. The highest BCUT2D eigenvalue weighted by atomic mass is 32.2. The number of sulfone groups is 1. The number of amides is 2. The summed E-state index contributed by atoms with van der Waals surface area (Å²) in [7, 11) is -2.12. The first kappa shape index (κ1) is 28.6. The third kappa shape index (κ3) is 5.65. The van der Waals surface area contributed by atoms with Crippen molar-refractivity contribution in [3.63, 3.8) is 0 Å². The van der Waals surface area contributed by atoms with Gasteiger partial charge in [0.25, 0.3) is 0 Å². The molecule has 2 amide bonds. The fourth-order valence-electron chi connectivity index (χ4n) is 5.66. The Morgan fingerprint density at radius 1 is 1.02 bits per heavy atom. The molecule has 1 atom stereocenters. The lowest BCUT2D eigenvalue weighted by Crippen LogP contribution is -2.51. The van der Waals surface area contributed by atoms with Gasteiger partial charge in [-0.05, 0) is 69.5 Å². The summed E-state index contributed by atoms with van der Waals surface area (Å²) in [5.74, 6) is -1.17. The Morgan fingerprint density at radius 3 is 2.34 bits per heavy atom. The van der Waals surface area contributed by atoms with Gasteiger partial charge >= 0.3 is 6.09 Å². The van der Waals surface area contributed by atoms with Crippen molar-refractivity contribution in [3.8, 4) is 5.75 Å². The molecule has 1 N–H and O–H groups in total. The van der Waals surface area contributed by atoms with Crippen LogP contribution in [0.25, 0.3) is 11.0 Å². The van der Waals surface area contributed by atoms with E-state index in [1.807, 2.05) is 12.1 Å². The summed E-state index contributed by atoms with van der Waals surface area (Å²) in [6, 6.07) is 10.8. The largest absolute Gasteiger partial charge is 0.497 e. The molecule has 2 aromatic heterocycles. The van der Waals surface area contributed by atoms with Crippen molar-refractivity contribution in [2.45, 2.75) is 63.5 Å². The molecule has 11 nitrogen and oxygen atoms in total. The second kappa shape index (κ2) is 10.5. The molecule has 3 heterocycles. The number of benzene rings is 1. The van der Waals surface area contributed by atoms with Crippen molar-refractivity contribution in [3.05, 3.63) is 54.2 Å². The average molecular weight is 583 g/mol. The fraction of sp³-hybridized carbons (Fsp3) is 0.448. The third-order valence-electron chi connectivity index (χ3n) is 7.58. The smallest absolute Gasteiger partial charge is 0.419 e. The zero-order valence-corrected chi connectivity index (χ0v) is 24.4. The number of anilines is 1. The quantitative estimate of drug-likeness (QED) is 0.479. The molecule has 1 aliphatic carbocycles. The van der Waals surface area contributed by atoms with Gasteiger partial charge in [-0.1, -0.05) is 25.0 Å². The van der Waals surface area contributed by atoms with E-state index in [2.05, 4.69) is 10.3 Å². The van der Waals surface area contributed by atoms with E-state index in [-0.39, 0.29) is 11.7 Å². The molecule has 0 bridgehead atoms. The Bertz CT molecular complexity index is 1600. The molecule has 5 rings (SSSR count). The number of methoxy groups -OCH3 is 1. The summed E-state index contributed by atoms with van der Waals surface area (Å²) < 4.78 is 37.5. The Labute approximate surface area is 238 Å². The van der Waals surface area contributed by atoms with E-state index in [9.17, 15) is 22.8 Å². The highest BCUT2D eigenvalue weighted by molar-refractivity contribution is 7.91. The second-order valence-corrected chi connectivity index (χ2v) is 13.7. The van der Waals surface area contributed by atoms with Crippen LogP contribution in [0.15, 0.2) is 48.7 Å². The van der Waals surface area contributed by atoms with Crippen molar-refractivity contribution in [2.24, 2.45) is 0 Å². The number of nitrogens with one attached hydrogen (secondary N) is 1. The van der Waals surface area contributed by atoms with Gasteiger partial charge in [-0.2, -0.15) is 0 Å². The number of carbonyl (C=O) groups is 3. The van der Waals surface area contributed by atoms with Crippen LogP contribution in [0.1, 0.15) is 52.0 Å². The third-order valence-corrected chi connectivity index (χ3v) is 9.08. The van der Waals surface area contributed by atoms with Gasteiger partial charge in [0.15, 0.2) is 9.84 Å². The number of carbonyl (C=O) groups excluding carboxylic acids is 3. The SMILES string of the molecule is COc1ccc(C2(C(=O)N3CS(=O)(=O)C[C@@H]3C(=O)Nc3ccc4c(ccn4C(=O)OC(C)(C)C)n3)CCCC2)cc1. The zero-order chi connectivity index (χ0) is 29.6. The van der Waals surface area contributed by atoms with Crippen molar-refractivity contribution in [2.75, 3.05) is 24.1 Å². The topological polar surface area (TPSA) is 137 Å². The minimum atomic E-state index is -3.68. The molecule has 0 radical (unpaired) electrons. The van der Waals surface area contributed by atoms with Gasteiger partial charge in [0.1, 0.15) is 29.1 Å². The van der Waals surface area contributed by atoms with E-state index < -0.39 is 50.5 Å². The summed E-state index contributed by atoms with van der Waals surface area (Å²) in [4.78, 5) is 45.7. The predicted molar refractivity (Wildman–Crippen MR) is 152 cm³/mol. The van der Waals surface area contributed by atoms with Crippen molar-refractivity contribution in [1.82, 2.24) is 14.5 Å². The van der Waals surface area contributed by atoms with Crippen LogP contribution in [0.5, 0.6) is 5.75 Å². The Kier molecular flexibility index (Phi) is 7.31. The number of pyridine rings is 1. The van der Waals surface area contributed by atoms with Crippen molar-refractivity contribution < 1.29 is 32.3 Å². The number of hydrogen-bond acceptors (Lipinski definition) is 8. The Morgan fingerprint density at radius 2 is 1.71 bits per heavy atom. The summed E-state index contributed by atoms with van der Waals surface area (Å²) in [5, 5.41) is 2.68. The summed E-state index contributed by atoms with van der Waals surface area (Å²) in [6.07, 6.45) is 3.74. The van der Waals surface area contributed by atoms with E-state index in [1.54, 1.807) is 52.1 Å². The molecule has 2 aliphatic rings. The van der Waals surface area contributed by atoms with E-state index in [4.69, 9.17) is 9.47 Å². The van der Waals surface area contributed by atoms with Crippen LogP contribution in [-0.4, -0.2) is 71.2 Å². The summed E-state index contributed by atoms with van der Waals surface area (Å²) in [5.41, 5.74) is 0.118. The minimum absolute atomic E-state index is 0.173. The molecule has 12 heteroatoms. The minimum Gasteiger partial charge on any atom is -0.497 e. The van der Waals surface area contributed by atoms with Gasteiger partial charge in [0.05, 0.1) is 29.3 Å². The van der Waals surface area contributed by atoms with E-state index in [1.165, 1.54) is 21.7 Å². The van der Waals surface area contributed by atoms with Gasteiger partial charge in [-0.3, -0.25) is 14.2 Å². The van der Waals surface area contributed by atoms with Crippen molar-refractivity contribution in [1.29, 1.82) is 0 Å². The molecule has 1 saturated carbocycles. The second-order valence-electron chi connectivity index (χ2n) is 11.6. The molecule has 3 aromatic rings. The molecule has 2 fully saturated rings. The Balaban J connectivity index is 1.39. The lowest BCUT2D eigenvalue weighted by atomic mass is 9.77. The maximum absolute atomic E-state index is 14.1. The normalized spacial score (nSPS) is 19.7. The summed E-state index contributed by atoms with van der Waals surface area (Å²) >= 11 is 0. The first-order valence-electron chi connectivity index (χ1n) is 13.5. The first-order valence-corrected chi connectivity index (χ1v) is 15.3. The van der Waals surface area contributed by atoms with Crippen LogP contribution >= 0.6 is 0 Å². The first-order chi connectivity index (χ1) is 19.3. The number of ether oxygens (including phenoxy) is 2. The van der Waals surface area contributed by atoms with Gasteiger partial charge in [-0.15, -0.1) is 0 Å². The van der Waals surface area contributed by atoms with Crippen LogP contribution in [0.2, 0.25) is 0 Å². The van der Waals surface area contributed by atoms with Crippen LogP contribution in [0.4, 0.5) is 10.6 Å². The number of aromatic nitrogens is 2. The van der Waals surface area contributed by atoms with Gasteiger partial charge in [0, 0.05) is 6.20 Å². The molecule has 0 spiro atoms. The van der Waals surface area contributed by atoms with Gasteiger partial charge in [0.2, 0.25) is 11.8 Å². The molecule has 1 saturated heterocycles. The molecule has 1 aromatic carbocycles. The van der Waals surface area contributed by atoms with E-state index >= 15 is 0 Å².